The van der Waals surface area contributed by atoms with Crippen LogP contribution in [-0.4, -0.2) is 24.7 Å². The molecule has 0 aliphatic carbocycles. The maximum atomic E-state index is 6.02. The highest BCUT2D eigenvalue weighted by Gasteiger charge is 2.16. The van der Waals surface area contributed by atoms with Crippen LogP contribution in [0.4, 0.5) is 0 Å². The largest absolute Gasteiger partial charge is 0.488 e. The first-order chi connectivity index (χ1) is 11.2. The van der Waals surface area contributed by atoms with E-state index in [0.717, 1.165) is 30.1 Å². The van der Waals surface area contributed by atoms with Gasteiger partial charge in [0.15, 0.2) is 5.75 Å². The zero-order valence-corrected chi connectivity index (χ0v) is 13.8. The summed E-state index contributed by atoms with van der Waals surface area (Å²) in [7, 11) is 0. The number of ether oxygens (including phenoxy) is 2. The van der Waals surface area contributed by atoms with Crippen molar-refractivity contribution >= 4 is 0 Å². The van der Waals surface area contributed by atoms with Crippen molar-refractivity contribution in [2.24, 2.45) is 5.92 Å². The molecule has 1 atom stereocenters. The Morgan fingerprint density at radius 1 is 1.13 bits per heavy atom. The number of rotatable bonds is 5. The quantitative estimate of drug-likeness (QED) is 0.910. The minimum absolute atomic E-state index is 0.545. The van der Waals surface area contributed by atoms with Gasteiger partial charge in [-0.05, 0) is 57.0 Å². The van der Waals surface area contributed by atoms with Gasteiger partial charge in [-0.2, -0.15) is 0 Å². The molecule has 1 aromatic heterocycles. The SMILES string of the molecule is Cc1ccc(OCC2CCCNC2)c(Oc2ccccc2C)n1. The molecule has 1 unspecified atom stereocenters. The standard InChI is InChI=1S/C19H24N2O2/c1-14-6-3-4-8-17(14)23-19-18(10-9-15(2)21-19)22-13-16-7-5-11-20-12-16/h3-4,6,8-10,16,20H,5,7,11-13H2,1-2H3. The van der Waals surface area contributed by atoms with E-state index in [1.54, 1.807) is 0 Å². The molecule has 122 valence electrons. The molecule has 1 aromatic carbocycles. The Hall–Kier alpha value is -2.07. The number of hydrogen-bond acceptors (Lipinski definition) is 4. The fourth-order valence-corrected chi connectivity index (χ4v) is 2.75. The van der Waals surface area contributed by atoms with E-state index in [0.29, 0.717) is 24.2 Å². The number of hydrogen-bond donors (Lipinski definition) is 1. The fraction of sp³-hybridized carbons (Fsp3) is 0.421. The summed E-state index contributed by atoms with van der Waals surface area (Å²) in [6, 6.07) is 11.9. The highest BCUT2D eigenvalue weighted by Crippen LogP contribution is 2.31. The summed E-state index contributed by atoms with van der Waals surface area (Å²) in [5.74, 6) is 2.62. The first-order valence-corrected chi connectivity index (χ1v) is 8.27. The van der Waals surface area contributed by atoms with Gasteiger partial charge in [-0.1, -0.05) is 18.2 Å². The zero-order chi connectivity index (χ0) is 16.1. The summed E-state index contributed by atoms with van der Waals surface area (Å²) in [5, 5.41) is 3.42. The summed E-state index contributed by atoms with van der Waals surface area (Å²) in [4.78, 5) is 4.51. The number of para-hydroxylation sites is 1. The predicted octanol–water partition coefficient (Wildman–Crippen LogP) is 3.87. The summed E-state index contributed by atoms with van der Waals surface area (Å²) < 4.78 is 12.0. The third kappa shape index (κ3) is 4.23. The maximum Gasteiger partial charge on any atom is 0.262 e. The molecule has 0 bridgehead atoms. The Bertz CT molecular complexity index is 652. The van der Waals surface area contributed by atoms with Gasteiger partial charge in [-0.25, -0.2) is 4.98 Å². The van der Waals surface area contributed by atoms with E-state index in [9.17, 15) is 0 Å². The second kappa shape index (κ2) is 7.47. The van der Waals surface area contributed by atoms with Crippen molar-refractivity contribution in [1.82, 2.24) is 10.3 Å². The van der Waals surface area contributed by atoms with Crippen LogP contribution in [0.1, 0.15) is 24.1 Å². The third-order valence-corrected chi connectivity index (χ3v) is 4.14. The van der Waals surface area contributed by atoms with Crippen molar-refractivity contribution in [2.45, 2.75) is 26.7 Å². The van der Waals surface area contributed by atoms with Gasteiger partial charge in [-0.3, -0.25) is 0 Å². The Balaban J connectivity index is 1.73. The Morgan fingerprint density at radius 2 is 2.00 bits per heavy atom. The molecule has 4 nitrogen and oxygen atoms in total. The van der Waals surface area contributed by atoms with Gasteiger partial charge in [-0.15, -0.1) is 0 Å². The van der Waals surface area contributed by atoms with Crippen LogP contribution in [0.25, 0.3) is 0 Å². The van der Waals surface area contributed by atoms with Crippen LogP contribution in [-0.2, 0) is 0 Å². The van der Waals surface area contributed by atoms with Crippen LogP contribution >= 0.6 is 0 Å². The highest BCUT2D eigenvalue weighted by molar-refractivity contribution is 5.41. The molecule has 23 heavy (non-hydrogen) atoms. The Labute approximate surface area is 137 Å². The fourth-order valence-electron chi connectivity index (χ4n) is 2.75. The van der Waals surface area contributed by atoms with Gasteiger partial charge in [0.1, 0.15) is 5.75 Å². The molecule has 0 spiro atoms. The Morgan fingerprint density at radius 3 is 2.78 bits per heavy atom. The van der Waals surface area contributed by atoms with Gasteiger partial charge in [0, 0.05) is 18.2 Å². The lowest BCUT2D eigenvalue weighted by atomic mass is 10.0. The smallest absolute Gasteiger partial charge is 0.262 e. The van der Waals surface area contributed by atoms with Gasteiger partial charge in [0.25, 0.3) is 5.88 Å². The summed E-state index contributed by atoms with van der Waals surface area (Å²) in [5.41, 5.74) is 2.00. The van der Waals surface area contributed by atoms with Crippen LogP contribution < -0.4 is 14.8 Å². The first-order valence-electron chi connectivity index (χ1n) is 8.27. The predicted molar refractivity (Wildman–Crippen MR) is 91.3 cm³/mol. The normalized spacial score (nSPS) is 17.7. The number of benzene rings is 1. The second-order valence-electron chi connectivity index (χ2n) is 6.15. The monoisotopic (exact) mass is 312 g/mol. The topological polar surface area (TPSA) is 43.4 Å². The highest BCUT2D eigenvalue weighted by atomic mass is 16.5. The molecule has 3 rings (SSSR count). The van der Waals surface area contributed by atoms with Gasteiger partial charge < -0.3 is 14.8 Å². The molecule has 1 aliphatic rings. The number of nitrogens with one attached hydrogen (secondary N) is 1. The average molecular weight is 312 g/mol. The molecule has 0 radical (unpaired) electrons. The van der Waals surface area contributed by atoms with Crippen molar-refractivity contribution in [1.29, 1.82) is 0 Å². The first kappa shape index (κ1) is 15.8. The molecule has 2 aromatic rings. The molecule has 4 heteroatoms. The molecule has 1 aliphatic heterocycles. The minimum atomic E-state index is 0.545. The minimum Gasteiger partial charge on any atom is -0.488 e. The molecular weight excluding hydrogens is 288 g/mol. The lowest BCUT2D eigenvalue weighted by Crippen LogP contribution is -2.33. The number of nitrogens with zero attached hydrogens (tertiary/aromatic N) is 1. The van der Waals surface area contributed by atoms with E-state index in [1.165, 1.54) is 12.8 Å². The van der Waals surface area contributed by atoms with Crippen molar-refractivity contribution in [3.63, 3.8) is 0 Å². The molecular formula is C19H24N2O2. The van der Waals surface area contributed by atoms with Gasteiger partial charge in [0.05, 0.1) is 6.61 Å². The van der Waals surface area contributed by atoms with E-state index in [1.807, 2.05) is 50.2 Å². The summed E-state index contributed by atoms with van der Waals surface area (Å²) >= 11 is 0. The summed E-state index contributed by atoms with van der Waals surface area (Å²) in [6.45, 7) is 6.82. The maximum absolute atomic E-state index is 6.02. The molecule has 1 saturated heterocycles. The number of piperidine rings is 1. The van der Waals surface area contributed by atoms with Gasteiger partial charge >= 0.3 is 0 Å². The van der Waals surface area contributed by atoms with Crippen LogP contribution in [0.5, 0.6) is 17.4 Å². The van der Waals surface area contributed by atoms with Crippen molar-refractivity contribution in [3.05, 3.63) is 47.7 Å². The number of aryl methyl sites for hydroxylation is 2. The molecule has 1 N–H and O–H groups in total. The van der Waals surface area contributed by atoms with Crippen molar-refractivity contribution < 1.29 is 9.47 Å². The van der Waals surface area contributed by atoms with E-state index >= 15 is 0 Å². The zero-order valence-electron chi connectivity index (χ0n) is 13.8. The van der Waals surface area contributed by atoms with E-state index in [2.05, 4.69) is 10.3 Å². The van der Waals surface area contributed by atoms with E-state index < -0.39 is 0 Å². The van der Waals surface area contributed by atoms with Crippen molar-refractivity contribution in [2.75, 3.05) is 19.7 Å². The van der Waals surface area contributed by atoms with Gasteiger partial charge in [0.2, 0.25) is 0 Å². The number of aromatic nitrogens is 1. The molecule has 0 saturated carbocycles. The summed E-state index contributed by atoms with van der Waals surface area (Å²) in [6.07, 6.45) is 2.42. The lowest BCUT2D eigenvalue weighted by molar-refractivity contribution is 0.211. The Kier molecular flexibility index (Phi) is 5.13. The average Bonchev–Trinajstić information content (AvgIpc) is 2.57. The molecule has 1 fully saturated rings. The van der Waals surface area contributed by atoms with Crippen LogP contribution in [0.2, 0.25) is 0 Å². The third-order valence-electron chi connectivity index (χ3n) is 4.14. The van der Waals surface area contributed by atoms with Crippen LogP contribution in [0.3, 0.4) is 0 Å². The second-order valence-corrected chi connectivity index (χ2v) is 6.15. The lowest BCUT2D eigenvalue weighted by Gasteiger charge is -2.23. The molecule has 2 heterocycles. The number of pyridine rings is 1. The van der Waals surface area contributed by atoms with Crippen LogP contribution in [0.15, 0.2) is 36.4 Å². The van der Waals surface area contributed by atoms with Crippen molar-refractivity contribution in [3.8, 4) is 17.4 Å². The van der Waals surface area contributed by atoms with Crippen LogP contribution in [0, 0.1) is 19.8 Å². The molecule has 0 amide bonds. The van der Waals surface area contributed by atoms with E-state index in [4.69, 9.17) is 9.47 Å². The van der Waals surface area contributed by atoms with E-state index in [-0.39, 0.29) is 0 Å².